The Morgan fingerprint density at radius 2 is 2.00 bits per heavy atom. The summed E-state index contributed by atoms with van der Waals surface area (Å²) < 4.78 is 6.05. The molecule has 3 aromatic rings. The van der Waals surface area contributed by atoms with E-state index in [4.69, 9.17) is 16.3 Å². The third kappa shape index (κ3) is 4.12. The number of hydrogen-bond acceptors (Lipinski definition) is 4. The Hall–Kier alpha value is -2.63. The van der Waals surface area contributed by atoms with Gasteiger partial charge in [-0.25, -0.2) is 4.79 Å². The van der Waals surface area contributed by atoms with Crippen LogP contribution in [-0.2, 0) is 9.53 Å². The lowest BCUT2D eigenvalue weighted by Gasteiger charge is -2.05. The molecule has 0 aliphatic carbocycles. The minimum Gasteiger partial charge on any atom is -0.462 e. The summed E-state index contributed by atoms with van der Waals surface area (Å²) in [7, 11) is 0. The molecule has 6 heteroatoms. The summed E-state index contributed by atoms with van der Waals surface area (Å²) >= 11 is 7.28. The zero-order valence-corrected chi connectivity index (χ0v) is 15.6. The first kappa shape index (κ1) is 18.2. The average Bonchev–Trinajstić information content (AvgIpc) is 2.98. The Kier molecular flexibility index (Phi) is 5.71. The molecule has 1 amide bonds. The number of halogens is 1. The zero-order valence-electron chi connectivity index (χ0n) is 14.0. The van der Waals surface area contributed by atoms with Crippen LogP contribution < -0.4 is 5.32 Å². The predicted octanol–water partition coefficient (Wildman–Crippen LogP) is 5.38. The van der Waals surface area contributed by atoms with Crippen LogP contribution in [0.25, 0.3) is 16.2 Å². The highest BCUT2D eigenvalue weighted by atomic mass is 35.5. The van der Waals surface area contributed by atoms with E-state index in [0.717, 1.165) is 15.6 Å². The van der Waals surface area contributed by atoms with Crippen LogP contribution >= 0.6 is 22.9 Å². The predicted molar refractivity (Wildman–Crippen MR) is 107 cm³/mol. The van der Waals surface area contributed by atoms with Crippen molar-refractivity contribution in [2.75, 3.05) is 11.9 Å². The molecule has 3 rings (SSSR count). The highest BCUT2D eigenvalue weighted by Crippen LogP contribution is 2.36. The van der Waals surface area contributed by atoms with Crippen LogP contribution in [0.5, 0.6) is 0 Å². The summed E-state index contributed by atoms with van der Waals surface area (Å²) in [6, 6.07) is 14.7. The maximum absolute atomic E-state index is 12.3. The van der Waals surface area contributed by atoms with Gasteiger partial charge < -0.3 is 10.1 Å². The molecular weight excluding hydrogens is 370 g/mol. The molecule has 0 aliphatic heterocycles. The maximum atomic E-state index is 12.3. The first-order valence-electron chi connectivity index (χ1n) is 8.01. The molecule has 1 heterocycles. The monoisotopic (exact) mass is 385 g/mol. The summed E-state index contributed by atoms with van der Waals surface area (Å²) in [5.74, 6) is -0.777. The number of anilines is 1. The van der Waals surface area contributed by atoms with E-state index >= 15 is 0 Å². The molecule has 1 N–H and O–H groups in total. The van der Waals surface area contributed by atoms with Gasteiger partial charge in [0, 0.05) is 21.2 Å². The van der Waals surface area contributed by atoms with Gasteiger partial charge >= 0.3 is 5.97 Å². The van der Waals surface area contributed by atoms with Crippen LogP contribution in [0.4, 0.5) is 5.00 Å². The molecule has 0 spiro atoms. The van der Waals surface area contributed by atoms with Crippen LogP contribution in [0.2, 0.25) is 5.02 Å². The van der Waals surface area contributed by atoms with Crippen molar-refractivity contribution >= 4 is 56.0 Å². The fourth-order valence-corrected chi connectivity index (χ4v) is 3.77. The molecule has 132 valence electrons. The number of esters is 1. The third-order valence-electron chi connectivity index (χ3n) is 3.59. The first-order valence-corrected chi connectivity index (χ1v) is 9.21. The van der Waals surface area contributed by atoms with Crippen LogP contribution in [-0.4, -0.2) is 18.5 Å². The quantitative estimate of drug-likeness (QED) is 0.473. The van der Waals surface area contributed by atoms with Crippen molar-refractivity contribution in [2.45, 2.75) is 6.92 Å². The van der Waals surface area contributed by atoms with Crippen molar-refractivity contribution in [1.29, 1.82) is 0 Å². The molecule has 0 radical (unpaired) electrons. The summed E-state index contributed by atoms with van der Waals surface area (Å²) in [5.41, 5.74) is 1.20. The van der Waals surface area contributed by atoms with E-state index in [1.165, 1.54) is 17.4 Å². The molecule has 0 saturated heterocycles. The number of amides is 1. The van der Waals surface area contributed by atoms with Crippen LogP contribution in [0.3, 0.4) is 0 Å². The maximum Gasteiger partial charge on any atom is 0.341 e. The number of thiophene rings is 1. The summed E-state index contributed by atoms with van der Waals surface area (Å²) in [6.45, 7) is 2.02. The molecule has 0 fully saturated rings. The van der Waals surface area contributed by atoms with Crippen LogP contribution in [0.15, 0.2) is 54.6 Å². The van der Waals surface area contributed by atoms with E-state index in [9.17, 15) is 9.59 Å². The van der Waals surface area contributed by atoms with E-state index in [1.54, 1.807) is 25.1 Å². The average molecular weight is 386 g/mol. The molecular formula is C20H16ClNO3S. The third-order valence-corrected chi connectivity index (χ3v) is 4.91. The molecule has 1 aromatic heterocycles. The number of rotatable bonds is 5. The lowest BCUT2D eigenvalue weighted by Crippen LogP contribution is -2.12. The molecule has 4 nitrogen and oxygen atoms in total. The van der Waals surface area contributed by atoms with Crippen molar-refractivity contribution in [3.8, 4) is 0 Å². The van der Waals surface area contributed by atoms with Crippen molar-refractivity contribution < 1.29 is 14.3 Å². The minimum atomic E-state index is -0.445. The fourth-order valence-electron chi connectivity index (χ4n) is 2.48. The van der Waals surface area contributed by atoms with Gasteiger partial charge in [-0.3, -0.25) is 4.79 Å². The lowest BCUT2D eigenvalue weighted by molar-refractivity contribution is -0.111. The van der Waals surface area contributed by atoms with Gasteiger partial charge in [0.25, 0.3) is 0 Å². The lowest BCUT2D eigenvalue weighted by atomic mass is 10.1. The highest BCUT2D eigenvalue weighted by molar-refractivity contribution is 7.23. The van der Waals surface area contributed by atoms with Gasteiger partial charge in [-0.1, -0.05) is 41.9 Å². The molecule has 0 bridgehead atoms. The van der Waals surface area contributed by atoms with Gasteiger partial charge in [0.2, 0.25) is 5.91 Å². The Morgan fingerprint density at radius 1 is 1.19 bits per heavy atom. The summed E-state index contributed by atoms with van der Waals surface area (Å²) in [6.07, 6.45) is 3.07. The zero-order chi connectivity index (χ0) is 18.5. The van der Waals surface area contributed by atoms with E-state index in [0.29, 0.717) is 15.6 Å². The Morgan fingerprint density at radius 3 is 2.77 bits per heavy atom. The smallest absolute Gasteiger partial charge is 0.341 e. The number of hydrogen-bond donors (Lipinski definition) is 1. The van der Waals surface area contributed by atoms with Gasteiger partial charge in [-0.05, 0) is 36.8 Å². The number of carbonyl (C=O) groups is 2. The van der Waals surface area contributed by atoms with Crippen molar-refractivity contribution in [3.63, 3.8) is 0 Å². The topological polar surface area (TPSA) is 55.4 Å². The Labute approximate surface area is 160 Å². The number of carbonyl (C=O) groups excluding carboxylic acids is 2. The second-order valence-corrected chi connectivity index (χ2v) is 6.89. The van der Waals surface area contributed by atoms with Crippen molar-refractivity contribution in [3.05, 3.63) is 70.8 Å². The standard InChI is InChI=1S/C20H16ClNO3S/c1-2-25-20(24)18-15-8-3-4-9-16(15)26-19(18)22-17(23)11-10-13-6-5-7-14(21)12-13/h3-12H,2H2,1H3,(H,22,23). The summed E-state index contributed by atoms with van der Waals surface area (Å²) in [4.78, 5) is 24.6. The normalized spacial score (nSPS) is 11.0. The largest absolute Gasteiger partial charge is 0.462 e. The molecule has 0 unspecified atom stereocenters. The Balaban J connectivity index is 1.86. The van der Waals surface area contributed by atoms with E-state index in [-0.39, 0.29) is 12.5 Å². The minimum absolute atomic E-state index is 0.269. The molecule has 26 heavy (non-hydrogen) atoms. The number of nitrogens with one attached hydrogen (secondary N) is 1. The van der Waals surface area contributed by atoms with Crippen LogP contribution in [0.1, 0.15) is 22.8 Å². The number of ether oxygens (including phenoxy) is 1. The first-order chi connectivity index (χ1) is 12.6. The van der Waals surface area contributed by atoms with Gasteiger partial charge in [0.1, 0.15) is 10.6 Å². The Bertz CT molecular complexity index is 994. The van der Waals surface area contributed by atoms with E-state index in [2.05, 4.69) is 5.32 Å². The van der Waals surface area contributed by atoms with Gasteiger partial charge in [0.15, 0.2) is 0 Å². The fraction of sp³-hybridized carbons (Fsp3) is 0.100. The van der Waals surface area contributed by atoms with Crippen molar-refractivity contribution in [1.82, 2.24) is 0 Å². The SMILES string of the molecule is CCOC(=O)c1c(NC(=O)C=Cc2cccc(Cl)c2)sc2ccccc12. The molecule has 0 atom stereocenters. The van der Waals surface area contributed by atoms with Gasteiger partial charge in [0.05, 0.1) is 6.61 Å². The van der Waals surface area contributed by atoms with Crippen molar-refractivity contribution in [2.24, 2.45) is 0 Å². The molecule has 0 aliphatic rings. The number of fused-ring (bicyclic) bond motifs is 1. The van der Waals surface area contributed by atoms with Gasteiger partial charge in [-0.2, -0.15) is 0 Å². The van der Waals surface area contributed by atoms with E-state index in [1.807, 2.05) is 36.4 Å². The molecule has 2 aromatic carbocycles. The second-order valence-electron chi connectivity index (χ2n) is 5.40. The van der Waals surface area contributed by atoms with Gasteiger partial charge in [-0.15, -0.1) is 11.3 Å². The highest BCUT2D eigenvalue weighted by Gasteiger charge is 2.20. The summed E-state index contributed by atoms with van der Waals surface area (Å²) in [5, 5.41) is 4.63. The molecule has 0 saturated carbocycles. The number of benzene rings is 2. The van der Waals surface area contributed by atoms with E-state index < -0.39 is 5.97 Å². The second kappa shape index (κ2) is 8.17. The van der Waals surface area contributed by atoms with Crippen LogP contribution in [0, 0.1) is 0 Å².